The lowest BCUT2D eigenvalue weighted by Gasteiger charge is -2.15. The van der Waals surface area contributed by atoms with Gasteiger partial charge in [-0.1, -0.05) is 75.8 Å². The van der Waals surface area contributed by atoms with Crippen LogP contribution in [0.15, 0.2) is 70.0 Å². The van der Waals surface area contributed by atoms with Crippen LogP contribution in [0.3, 0.4) is 0 Å². The van der Waals surface area contributed by atoms with E-state index in [4.69, 9.17) is 33.3 Å². The summed E-state index contributed by atoms with van der Waals surface area (Å²) in [5, 5.41) is 0.649. The predicted molar refractivity (Wildman–Crippen MR) is 151 cm³/mol. The quantitative estimate of drug-likeness (QED) is 0.153. The van der Waals surface area contributed by atoms with E-state index in [0.29, 0.717) is 32.4 Å². The van der Waals surface area contributed by atoms with Gasteiger partial charge >= 0.3 is 0 Å². The Labute approximate surface area is 228 Å². The van der Waals surface area contributed by atoms with Crippen molar-refractivity contribution in [2.75, 3.05) is 12.0 Å². The SMILES string of the molecule is COc1cc(/C=C2/SC(=S)N(c3cccc(Br)c3)C2=O)cc(I)c1OCc1ccccc1Cl. The van der Waals surface area contributed by atoms with Gasteiger partial charge in [0.15, 0.2) is 15.8 Å². The largest absolute Gasteiger partial charge is 0.493 e. The fraction of sp³-hybridized carbons (Fsp3) is 0.0833. The Hall–Kier alpha value is -1.59. The summed E-state index contributed by atoms with van der Waals surface area (Å²) in [5.41, 5.74) is 2.43. The van der Waals surface area contributed by atoms with Gasteiger partial charge in [-0.2, -0.15) is 0 Å². The normalized spacial score (nSPS) is 14.8. The Morgan fingerprint density at radius 3 is 2.70 bits per heavy atom. The van der Waals surface area contributed by atoms with Crippen molar-refractivity contribution in [3.05, 3.63) is 89.8 Å². The van der Waals surface area contributed by atoms with E-state index in [2.05, 4.69) is 38.5 Å². The first-order valence-electron chi connectivity index (χ1n) is 9.64. The highest BCUT2D eigenvalue weighted by atomic mass is 127. The van der Waals surface area contributed by atoms with Crippen molar-refractivity contribution in [3.8, 4) is 11.5 Å². The Kier molecular flexibility index (Phi) is 8.01. The Morgan fingerprint density at radius 2 is 1.97 bits per heavy atom. The molecule has 4 nitrogen and oxygen atoms in total. The number of carbonyl (C=O) groups excluding carboxylic acids is 1. The van der Waals surface area contributed by atoms with Crippen LogP contribution >= 0.6 is 74.1 Å². The molecule has 33 heavy (non-hydrogen) atoms. The van der Waals surface area contributed by atoms with Gasteiger partial charge in [0.05, 0.1) is 21.3 Å². The van der Waals surface area contributed by atoms with E-state index in [1.54, 1.807) is 12.0 Å². The Bertz CT molecular complexity index is 1280. The molecule has 0 aliphatic carbocycles. The van der Waals surface area contributed by atoms with E-state index in [9.17, 15) is 4.79 Å². The van der Waals surface area contributed by atoms with Crippen molar-refractivity contribution in [2.45, 2.75) is 6.61 Å². The number of hydrogen-bond donors (Lipinski definition) is 0. The second kappa shape index (κ2) is 10.8. The van der Waals surface area contributed by atoms with Crippen molar-refractivity contribution >= 4 is 96.1 Å². The first kappa shape index (κ1) is 24.5. The van der Waals surface area contributed by atoms with E-state index < -0.39 is 0 Å². The molecule has 168 valence electrons. The van der Waals surface area contributed by atoms with E-state index in [0.717, 1.165) is 24.9 Å². The molecule has 3 aromatic carbocycles. The summed E-state index contributed by atoms with van der Waals surface area (Å²) in [6.07, 6.45) is 1.82. The topological polar surface area (TPSA) is 38.8 Å². The van der Waals surface area contributed by atoms with Gasteiger partial charge in [0, 0.05) is 15.1 Å². The van der Waals surface area contributed by atoms with Crippen molar-refractivity contribution in [1.29, 1.82) is 0 Å². The molecule has 1 amide bonds. The second-order valence-corrected chi connectivity index (χ2v) is 11.1. The molecule has 3 aromatic rings. The smallest absolute Gasteiger partial charge is 0.270 e. The van der Waals surface area contributed by atoms with Gasteiger partial charge in [-0.15, -0.1) is 0 Å². The van der Waals surface area contributed by atoms with Gasteiger partial charge in [-0.3, -0.25) is 9.69 Å². The number of thiocarbonyl (C=S) groups is 1. The van der Waals surface area contributed by atoms with Crippen LogP contribution in [0.1, 0.15) is 11.1 Å². The number of ether oxygens (including phenoxy) is 2. The number of carbonyl (C=O) groups is 1. The molecule has 0 saturated carbocycles. The monoisotopic (exact) mass is 671 g/mol. The van der Waals surface area contributed by atoms with Crippen LogP contribution in [0, 0.1) is 3.57 Å². The van der Waals surface area contributed by atoms with Crippen molar-refractivity contribution in [1.82, 2.24) is 0 Å². The molecule has 9 heteroatoms. The standard InChI is InChI=1S/C24H16BrClINO3S2/c1-30-20-10-14(9-19(27)22(20)31-13-15-5-2-3-8-18(15)26)11-21-23(29)28(24(32)33-21)17-7-4-6-16(25)12-17/h2-12H,13H2,1H3/b21-11+. The van der Waals surface area contributed by atoms with E-state index in [1.807, 2.05) is 66.7 Å². The summed E-state index contributed by atoms with van der Waals surface area (Å²) in [6, 6.07) is 18.8. The number of hydrogen-bond acceptors (Lipinski definition) is 5. The molecule has 0 atom stereocenters. The van der Waals surface area contributed by atoms with Gasteiger partial charge in [0.25, 0.3) is 5.91 Å². The van der Waals surface area contributed by atoms with Crippen LogP contribution in [0.5, 0.6) is 11.5 Å². The van der Waals surface area contributed by atoms with Crippen LogP contribution < -0.4 is 14.4 Å². The van der Waals surface area contributed by atoms with Gasteiger partial charge in [0.1, 0.15) is 6.61 Å². The summed E-state index contributed by atoms with van der Waals surface area (Å²) in [6.45, 7) is 0.316. The third-order valence-corrected chi connectivity index (χ3v) is 7.70. The minimum atomic E-state index is -0.156. The summed E-state index contributed by atoms with van der Waals surface area (Å²) >= 11 is 18.6. The number of methoxy groups -OCH3 is 1. The molecule has 1 fully saturated rings. The number of benzene rings is 3. The molecule has 1 aliphatic heterocycles. The third kappa shape index (κ3) is 5.57. The molecule has 0 unspecified atom stereocenters. The Morgan fingerprint density at radius 1 is 1.18 bits per heavy atom. The van der Waals surface area contributed by atoms with Crippen LogP contribution in [-0.4, -0.2) is 17.3 Å². The fourth-order valence-electron chi connectivity index (χ4n) is 3.19. The number of halogens is 3. The zero-order valence-electron chi connectivity index (χ0n) is 17.2. The average molecular weight is 673 g/mol. The summed E-state index contributed by atoms with van der Waals surface area (Å²) in [5.74, 6) is 1.04. The molecule has 0 bridgehead atoms. The Balaban J connectivity index is 1.59. The number of anilines is 1. The first-order chi connectivity index (χ1) is 15.9. The maximum absolute atomic E-state index is 13.1. The fourth-order valence-corrected chi connectivity index (χ4v) is 5.84. The van der Waals surface area contributed by atoms with Crippen LogP contribution in [0.25, 0.3) is 6.08 Å². The molecule has 4 rings (SSSR count). The van der Waals surface area contributed by atoms with Crippen molar-refractivity contribution in [2.24, 2.45) is 0 Å². The van der Waals surface area contributed by atoms with Crippen LogP contribution in [-0.2, 0) is 11.4 Å². The lowest BCUT2D eigenvalue weighted by molar-refractivity contribution is -0.113. The summed E-state index contributed by atoms with van der Waals surface area (Å²) in [4.78, 5) is 15.2. The highest BCUT2D eigenvalue weighted by Gasteiger charge is 2.33. The lowest BCUT2D eigenvalue weighted by Crippen LogP contribution is -2.27. The molecular weight excluding hydrogens is 657 g/mol. The average Bonchev–Trinajstić information content (AvgIpc) is 3.06. The number of thioether (sulfide) groups is 1. The van der Waals surface area contributed by atoms with Crippen molar-refractivity contribution in [3.63, 3.8) is 0 Å². The molecule has 0 aromatic heterocycles. The summed E-state index contributed by atoms with van der Waals surface area (Å²) < 4.78 is 13.8. The highest BCUT2D eigenvalue weighted by molar-refractivity contribution is 14.1. The molecule has 1 heterocycles. The number of amides is 1. The third-order valence-electron chi connectivity index (χ3n) is 4.74. The molecule has 0 radical (unpaired) electrons. The van der Waals surface area contributed by atoms with Gasteiger partial charge in [0.2, 0.25) is 0 Å². The van der Waals surface area contributed by atoms with Crippen LogP contribution in [0.2, 0.25) is 5.02 Å². The zero-order chi connectivity index (χ0) is 23.5. The zero-order valence-corrected chi connectivity index (χ0v) is 23.3. The maximum Gasteiger partial charge on any atom is 0.270 e. The van der Waals surface area contributed by atoms with E-state index in [-0.39, 0.29) is 5.91 Å². The molecule has 1 aliphatic rings. The lowest BCUT2D eigenvalue weighted by atomic mass is 10.1. The summed E-state index contributed by atoms with van der Waals surface area (Å²) in [7, 11) is 1.59. The highest BCUT2D eigenvalue weighted by Crippen LogP contribution is 2.39. The van der Waals surface area contributed by atoms with Gasteiger partial charge in [-0.05, 0) is 70.6 Å². The van der Waals surface area contributed by atoms with Crippen LogP contribution in [0.4, 0.5) is 5.69 Å². The molecule has 1 saturated heterocycles. The minimum Gasteiger partial charge on any atom is -0.493 e. The predicted octanol–water partition coefficient (Wildman–Crippen LogP) is 7.70. The van der Waals surface area contributed by atoms with Gasteiger partial charge < -0.3 is 9.47 Å². The van der Waals surface area contributed by atoms with E-state index >= 15 is 0 Å². The molecular formula is C24H16BrClINO3S2. The van der Waals surface area contributed by atoms with E-state index in [1.165, 1.54) is 11.8 Å². The maximum atomic E-state index is 13.1. The van der Waals surface area contributed by atoms with Gasteiger partial charge in [-0.25, -0.2) is 0 Å². The minimum absolute atomic E-state index is 0.156. The number of rotatable bonds is 6. The molecule has 0 N–H and O–H groups in total. The van der Waals surface area contributed by atoms with Crippen molar-refractivity contribution < 1.29 is 14.3 Å². The number of nitrogens with zero attached hydrogens (tertiary/aromatic N) is 1. The second-order valence-electron chi connectivity index (χ2n) is 6.91. The first-order valence-corrected chi connectivity index (χ1v) is 13.1. The molecule has 0 spiro atoms.